The average molecular weight is 1320 g/mol. The molecule has 0 saturated heterocycles. The predicted molar refractivity (Wildman–Crippen MR) is 345 cm³/mol. The van der Waals surface area contributed by atoms with Gasteiger partial charge in [-0.25, -0.2) is 15.0 Å². The van der Waals surface area contributed by atoms with Gasteiger partial charge in [-0.2, -0.15) is 10.5 Å². The molecule has 0 fully saturated rings. The molecule has 0 N–H and O–H groups in total. The molecule has 0 spiro atoms. The van der Waals surface area contributed by atoms with Gasteiger partial charge in [-0.05, 0) is 81.3 Å². The van der Waals surface area contributed by atoms with E-state index in [1.54, 1.807) is 18.2 Å². The number of nitrogens with zero attached hydrogens (tertiary/aromatic N) is 9. The fraction of sp³-hybridized carbons (Fsp3) is 0.160. The zero-order valence-electron chi connectivity index (χ0n) is 49.7. The smallest absolute Gasteiger partial charge is 0.345 e. The van der Waals surface area contributed by atoms with E-state index in [2.05, 4.69) is 68.3 Å². The maximum Gasteiger partial charge on any atom is 3.00 e. The average Bonchev–Trinajstić information content (AvgIpc) is 0.999. The molecule has 6 aromatic heterocycles. The Morgan fingerprint density at radius 1 is 0.420 bits per heavy atom. The molecule has 0 radical (unpaired) electrons. The molecule has 0 aliphatic heterocycles. The molecule has 13 heteroatoms. The van der Waals surface area contributed by atoms with E-state index in [-0.39, 0.29) is 53.0 Å². The Morgan fingerprint density at radius 3 is 1.03 bits per heavy atom. The van der Waals surface area contributed by atoms with E-state index in [1.165, 1.54) is 0 Å². The number of rotatable bonds is 6. The van der Waals surface area contributed by atoms with Gasteiger partial charge in [-0.3, -0.25) is 19.2 Å². The zero-order valence-corrected chi connectivity index (χ0v) is 52.1. The van der Waals surface area contributed by atoms with E-state index in [4.69, 9.17) is 6.57 Å². The van der Waals surface area contributed by atoms with Gasteiger partial charge in [0.1, 0.15) is 5.69 Å². The van der Waals surface area contributed by atoms with E-state index in [9.17, 15) is 24.9 Å². The van der Waals surface area contributed by atoms with Crippen LogP contribution >= 0.6 is 0 Å². The number of hydrogen-bond acceptors (Lipinski definition) is 8. The topological polar surface area (TPSA) is 155 Å². The van der Waals surface area contributed by atoms with Crippen molar-refractivity contribution in [3.05, 3.63) is 253 Å². The summed E-state index contributed by atoms with van der Waals surface area (Å²) in [6.07, 6.45) is 5.60. The van der Waals surface area contributed by atoms with Crippen molar-refractivity contribution < 1.29 is 20.1 Å². The van der Waals surface area contributed by atoms with E-state index >= 15 is 0 Å². The van der Waals surface area contributed by atoms with Gasteiger partial charge in [0.05, 0.1) is 35.7 Å². The Balaban J connectivity index is 0.00000754. The summed E-state index contributed by atoms with van der Waals surface area (Å²) in [5, 5.41) is 25.9. The van der Waals surface area contributed by atoms with E-state index in [0.717, 1.165) is 67.2 Å². The summed E-state index contributed by atoms with van der Waals surface area (Å²) in [5.41, 5.74) is 11.4. The van der Waals surface area contributed by atoms with Crippen molar-refractivity contribution in [2.75, 3.05) is 0 Å². The number of fused-ring (bicyclic) bond motifs is 9. The van der Waals surface area contributed by atoms with Gasteiger partial charge in [0.2, 0.25) is 0 Å². The molecule has 0 amide bonds. The molecule has 7 aromatic carbocycles. The van der Waals surface area contributed by atoms with Gasteiger partial charge >= 0.3 is 20.1 Å². The predicted octanol–water partition coefficient (Wildman–Crippen LogP) is 15.8. The number of pyridine rings is 3. The normalized spacial score (nSPS) is 11.9. The first kappa shape index (κ1) is 57.9. The van der Waals surface area contributed by atoms with Crippen LogP contribution in [0.2, 0.25) is 0 Å². The third-order valence-electron chi connectivity index (χ3n) is 16.4. The summed E-state index contributed by atoms with van der Waals surface area (Å²) in [7, 11) is 0. The molecule has 0 bridgehead atoms. The van der Waals surface area contributed by atoms with E-state index in [1.807, 2.05) is 203 Å². The third-order valence-corrected chi connectivity index (χ3v) is 16.4. The molecule has 0 unspecified atom stereocenters. The number of hydrogen-bond donors (Lipinski definition) is 0. The van der Waals surface area contributed by atoms with Crippen molar-refractivity contribution in [1.29, 1.82) is 10.5 Å². The Morgan fingerprint density at radius 2 is 0.716 bits per heavy atom. The maximum atomic E-state index is 13.2. The molecular weight excluding hydrogens is 1270 g/mol. The zero-order chi connectivity index (χ0) is 61.0. The summed E-state index contributed by atoms with van der Waals surface area (Å²) < 4.78 is 5.71. The van der Waals surface area contributed by atoms with E-state index in [0.29, 0.717) is 82.8 Å². The van der Waals surface area contributed by atoms with Crippen LogP contribution in [0.25, 0.3) is 121 Å². The first-order valence-electron chi connectivity index (χ1n) is 28.5. The van der Waals surface area contributed by atoms with Gasteiger partial charge in [0, 0.05) is 51.5 Å². The minimum atomic E-state index is -0.386. The van der Waals surface area contributed by atoms with Crippen molar-refractivity contribution in [1.82, 2.24) is 28.2 Å². The molecule has 6 heterocycles. The Hall–Kier alpha value is -10.5. The quantitative estimate of drug-likeness (QED) is 0.118. The number of aromatic nitrogens is 6. The monoisotopic (exact) mass is 1320 g/mol. The standard InChI is InChI=1S/C75H54N9O3.Ir/c1-73(2,3)63-38-66(85)79-70-58-26-23-52(61(41-76)54(58)29-32-82(63)70)49-20-14-11-17-46(49)43-35-44(47-18-12-15-21-50(47)53-24-27-59-55(62(53)42-77)30-33-83-64(74(4,5)6)39-67(86)80-71(59)83)37-45(36-43)48-19-13-16-22-51(48)56-25-28-60-57(69(56)78-10)31-34-84-65(75(7,8)9)40-68(87)81-72(60)84;/h11-25,29-40H,1-9H3;/q-3;+3. The molecule has 12 nitrogen and oxygen atoms in total. The minimum absolute atomic E-state index is 0. The molecule has 0 aliphatic carbocycles. The summed E-state index contributed by atoms with van der Waals surface area (Å²) >= 11 is 0. The number of benzene rings is 7. The van der Waals surface area contributed by atoms with Crippen LogP contribution in [0.5, 0.6) is 0 Å². The van der Waals surface area contributed by atoms with Gasteiger partial charge in [-0.1, -0.05) is 214 Å². The van der Waals surface area contributed by atoms with Gasteiger partial charge in [0.15, 0.2) is 0 Å². The first-order valence-corrected chi connectivity index (χ1v) is 28.5. The van der Waals surface area contributed by atoms with Crippen LogP contribution in [0, 0.1) is 47.4 Å². The second-order valence-electron chi connectivity index (χ2n) is 25.1. The van der Waals surface area contributed by atoms with E-state index < -0.39 is 0 Å². The molecule has 0 saturated carbocycles. The molecule has 426 valence electrons. The van der Waals surface area contributed by atoms with Gasteiger partial charge in [-0.15, -0.1) is 41.8 Å². The van der Waals surface area contributed by atoms with Gasteiger partial charge < -0.3 is 13.2 Å². The van der Waals surface area contributed by atoms with Crippen LogP contribution < -0.4 is 16.7 Å². The third kappa shape index (κ3) is 9.65. The summed E-state index contributed by atoms with van der Waals surface area (Å²) in [6, 6.07) is 61.4. The Labute approximate surface area is 521 Å². The van der Waals surface area contributed by atoms with Crippen molar-refractivity contribution >= 4 is 54.9 Å². The molecule has 0 atom stereocenters. The molecule has 88 heavy (non-hydrogen) atoms. The van der Waals surface area contributed by atoms with Crippen molar-refractivity contribution in [3.63, 3.8) is 0 Å². The number of nitriles is 2. The van der Waals surface area contributed by atoms with Crippen molar-refractivity contribution in [2.24, 2.45) is 0 Å². The van der Waals surface area contributed by atoms with Crippen molar-refractivity contribution in [3.8, 4) is 78.9 Å². The second-order valence-corrected chi connectivity index (χ2v) is 25.1. The Bertz CT molecular complexity index is 4930. The van der Waals surface area contributed by atoms with Crippen LogP contribution in [0.4, 0.5) is 5.69 Å². The van der Waals surface area contributed by atoms with Crippen LogP contribution in [0.3, 0.4) is 0 Å². The van der Waals surface area contributed by atoms with Crippen LogP contribution in [-0.2, 0) is 36.4 Å². The van der Waals surface area contributed by atoms with Gasteiger partial charge in [0.25, 0.3) is 16.7 Å². The summed E-state index contributed by atoms with van der Waals surface area (Å²) in [6.45, 7) is 27.1. The fourth-order valence-electron chi connectivity index (χ4n) is 12.4. The van der Waals surface area contributed by atoms with Crippen molar-refractivity contribution in [2.45, 2.75) is 78.6 Å². The molecule has 13 rings (SSSR count). The molecular formula is C75H54IrN9O3. The van der Waals surface area contributed by atoms with Crippen LogP contribution in [0.1, 0.15) is 90.5 Å². The van der Waals surface area contributed by atoms with Crippen LogP contribution in [0.15, 0.2) is 179 Å². The largest absolute Gasteiger partial charge is 3.00 e. The first-order chi connectivity index (χ1) is 41.6. The summed E-state index contributed by atoms with van der Waals surface area (Å²) in [4.78, 5) is 57.2. The molecule has 0 aliphatic rings. The summed E-state index contributed by atoms with van der Waals surface area (Å²) in [5.74, 6) is 0. The molecule has 13 aromatic rings. The minimum Gasteiger partial charge on any atom is -0.345 e. The fourth-order valence-corrected chi connectivity index (χ4v) is 12.4. The maximum absolute atomic E-state index is 13.2. The Kier molecular flexibility index (Phi) is 14.1. The van der Waals surface area contributed by atoms with Crippen LogP contribution in [-0.4, -0.2) is 28.2 Å². The SMILES string of the molecule is [C-]#[N+]c1c(-c2ccccc2-c2cc(-c3ccccc3-c3c[c-]c4c(ccn5c(C(C)(C)C)cc(=O)nc45)c3C#N)cc(-c3ccccc3-c3c[c-]c4c(ccn5c(C(C)(C)C)cc(=O)nc45)c3C#N)c2)c[c-]c2c1ccn1c(C(C)(C)C)cc(=O)nc21.[Ir+3]. The second kappa shape index (κ2) is 21.5.